The van der Waals surface area contributed by atoms with Crippen molar-refractivity contribution < 1.29 is 31.9 Å². The first-order valence-electron chi connectivity index (χ1n) is 19.4. The maximum absolute atomic E-state index is 15.3. The molecule has 0 fully saturated rings. The van der Waals surface area contributed by atoms with Crippen LogP contribution in [0.2, 0.25) is 36.3 Å². The van der Waals surface area contributed by atoms with Crippen LogP contribution in [0.15, 0.2) is 88.2 Å². The van der Waals surface area contributed by atoms with Crippen molar-refractivity contribution in [3.63, 3.8) is 0 Å². The average molecular weight is 893 g/mol. The number of halogens is 1. The van der Waals surface area contributed by atoms with Crippen LogP contribution in [0.1, 0.15) is 69.4 Å². The number of rotatable bonds is 10. The first-order chi connectivity index (χ1) is 26.4. The number of benzene rings is 4. The molecule has 1 aliphatic heterocycles. The second-order valence-electron chi connectivity index (χ2n) is 18.5. The third-order valence-corrected chi connectivity index (χ3v) is 24.0. The molecule has 0 aromatic heterocycles. The van der Waals surface area contributed by atoms with Gasteiger partial charge in [-0.05, 0) is 120 Å². The molecular formula is C45H58BrNO7SSi2. The number of phenolic OH excluding ortho intramolecular Hbond substituents is 1. The van der Waals surface area contributed by atoms with Crippen molar-refractivity contribution >= 4 is 48.2 Å². The van der Waals surface area contributed by atoms with Crippen LogP contribution < -0.4 is 18.3 Å². The van der Waals surface area contributed by atoms with Gasteiger partial charge in [0.2, 0.25) is 10.0 Å². The summed E-state index contributed by atoms with van der Waals surface area (Å²) in [7, 11) is -6.02. The van der Waals surface area contributed by atoms with E-state index in [1.165, 1.54) is 0 Å². The van der Waals surface area contributed by atoms with Crippen LogP contribution in [0.4, 0.5) is 0 Å². The van der Waals surface area contributed by atoms with E-state index in [2.05, 4.69) is 89.7 Å². The Bertz CT molecular complexity index is 2330. The lowest BCUT2D eigenvalue weighted by molar-refractivity contribution is 0.279. The fourth-order valence-corrected chi connectivity index (χ4v) is 11.5. The van der Waals surface area contributed by atoms with E-state index in [0.717, 1.165) is 37.9 Å². The van der Waals surface area contributed by atoms with Crippen LogP contribution in [-0.2, 0) is 21.9 Å². The van der Waals surface area contributed by atoms with Crippen LogP contribution in [0, 0.1) is 6.92 Å². The highest BCUT2D eigenvalue weighted by Gasteiger charge is 2.58. The van der Waals surface area contributed by atoms with E-state index in [4.69, 9.17) is 18.3 Å². The smallest absolute Gasteiger partial charge is 0.250 e. The Balaban J connectivity index is 1.78. The number of sulfonamides is 1. The van der Waals surface area contributed by atoms with Gasteiger partial charge >= 0.3 is 0 Å². The lowest BCUT2D eigenvalue weighted by Crippen LogP contribution is -2.54. The van der Waals surface area contributed by atoms with Gasteiger partial charge in [0.15, 0.2) is 17.2 Å². The minimum absolute atomic E-state index is 0.0673. The molecular weight excluding hydrogens is 835 g/mol. The molecule has 0 bridgehead atoms. The highest BCUT2D eigenvalue weighted by atomic mass is 79.9. The second-order valence-corrected chi connectivity index (χ2v) is 30.7. The van der Waals surface area contributed by atoms with Gasteiger partial charge in [-0.15, -0.1) is 0 Å². The zero-order valence-electron chi connectivity index (χ0n) is 35.6. The SMILES string of the molecule is COc1cccc([C@]23C=C(c4cc(OC)ccc4Br)CN(S(=O)(=O)c4ccc(C)cc4)C2Cc2cc(O[Si](C)(C)C(C)(C)C)c(O)c(O[Si](C)(C)C(C)(C)C)c23)c1. The van der Waals surface area contributed by atoms with Gasteiger partial charge in [-0.2, -0.15) is 4.31 Å². The Kier molecular flexibility index (Phi) is 11.3. The summed E-state index contributed by atoms with van der Waals surface area (Å²) in [6.45, 7) is 23.7. The van der Waals surface area contributed by atoms with E-state index in [1.54, 1.807) is 30.7 Å². The summed E-state index contributed by atoms with van der Waals surface area (Å²) in [6, 6.07) is 21.9. The summed E-state index contributed by atoms with van der Waals surface area (Å²) in [5, 5.41) is 12.3. The number of hydrogen-bond donors (Lipinski definition) is 1. The summed E-state index contributed by atoms with van der Waals surface area (Å²) in [4.78, 5) is 0.206. The zero-order chi connectivity index (χ0) is 42.1. The normalized spacial score (nSPS) is 19.1. The molecule has 0 saturated heterocycles. The van der Waals surface area contributed by atoms with E-state index >= 15 is 8.42 Å². The summed E-state index contributed by atoms with van der Waals surface area (Å²) in [5.41, 5.74) is 3.75. The van der Waals surface area contributed by atoms with E-state index in [1.807, 2.05) is 67.6 Å². The minimum atomic E-state index is -4.13. The average Bonchev–Trinajstić information content (AvgIpc) is 3.47. The van der Waals surface area contributed by atoms with Crippen LogP contribution in [0.25, 0.3) is 5.57 Å². The van der Waals surface area contributed by atoms with Gasteiger partial charge < -0.3 is 23.4 Å². The monoisotopic (exact) mass is 891 g/mol. The summed E-state index contributed by atoms with van der Waals surface area (Å²) in [6.07, 6.45) is 2.54. The largest absolute Gasteiger partial charge is 0.541 e. The van der Waals surface area contributed by atoms with Crippen molar-refractivity contribution in [3.8, 4) is 28.7 Å². The van der Waals surface area contributed by atoms with Gasteiger partial charge in [0.1, 0.15) is 11.5 Å². The molecule has 0 saturated carbocycles. The molecule has 1 N–H and O–H groups in total. The maximum Gasteiger partial charge on any atom is 0.250 e. The fraction of sp³-hybridized carbons (Fsp3) is 0.422. The van der Waals surface area contributed by atoms with Crippen molar-refractivity contribution in [2.45, 2.75) is 108 Å². The Morgan fingerprint density at radius 2 is 1.42 bits per heavy atom. The van der Waals surface area contributed by atoms with Crippen molar-refractivity contribution in [2.24, 2.45) is 0 Å². The highest BCUT2D eigenvalue weighted by Crippen LogP contribution is 2.61. The number of nitrogens with zero attached hydrogens (tertiary/aromatic N) is 1. The van der Waals surface area contributed by atoms with Gasteiger partial charge in [0.25, 0.3) is 16.6 Å². The minimum Gasteiger partial charge on any atom is -0.541 e. The molecule has 6 rings (SSSR count). The van der Waals surface area contributed by atoms with Crippen molar-refractivity contribution in [2.75, 3.05) is 20.8 Å². The molecule has 1 unspecified atom stereocenters. The summed E-state index contributed by atoms with van der Waals surface area (Å²) < 4.78 is 58.8. The Hall–Kier alpha value is -3.56. The van der Waals surface area contributed by atoms with Crippen LogP contribution in [0.3, 0.4) is 0 Å². The molecule has 1 heterocycles. The number of phenols is 1. The predicted octanol–water partition coefficient (Wildman–Crippen LogP) is 11.2. The zero-order valence-corrected chi connectivity index (χ0v) is 40.0. The van der Waals surface area contributed by atoms with Gasteiger partial charge in [-0.3, -0.25) is 0 Å². The number of hydrogen-bond acceptors (Lipinski definition) is 7. The third kappa shape index (κ3) is 7.61. The quantitative estimate of drug-likeness (QED) is 0.158. The fourth-order valence-electron chi connectivity index (χ4n) is 7.37. The van der Waals surface area contributed by atoms with Gasteiger partial charge in [0.05, 0.1) is 24.5 Å². The lowest BCUT2D eigenvalue weighted by atomic mass is 9.69. The van der Waals surface area contributed by atoms with Crippen molar-refractivity contribution in [1.82, 2.24) is 4.31 Å². The Morgan fingerprint density at radius 1 is 0.825 bits per heavy atom. The first-order valence-corrected chi connectivity index (χ1v) is 27.5. The van der Waals surface area contributed by atoms with Gasteiger partial charge in [-0.1, -0.05) is 93.4 Å². The van der Waals surface area contributed by atoms with Crippen molar-refractivity contribution in [3.05, 3.63) is 111 Å². The second kappa shape index (κ2) is 14.9. The molecule has 12 heteroatoms. The van der Waals surface area contributed by atoms with Crippen LogP contribution >= 0.6 is 15.9 Å². The highest BCUT2D eigenvalue weighted by molar-refractivity contribution is 9.10. The molecule has 0 amide bonds. The van der Waals surface area contributed by atoms with Crippen molar-refractivity contribution in [1.29, 1.82) is 0 Å². The van der Waals surface area contributed by atoms with Gasteiger partial charge in [-0.25, -0.2) is 8.42 Å². The van der Waals surface area contributed by atoms with Crippen LogP contribution in [0.5, 0.6) is 28.7 Å². The number of aryl methyl sites for hydroxylation is 1. The third-order valence-electron chi connectivity index (χ3n) is 12.8. The first kappa shape index (κ1) is 43.0. The molecule has 2 atom stereocenters. The van der Waals surface area contributed by atoms with E-state index < -0.39 is 38.1 Å². The standard InChI is InChI=1S/C45H58BrNO7SSi2/c1-29-17-20-35(21-18-29)55(49,50)47-28-31(36-26-34(52-9)19-22-37(36)46)27-45(32-15-14-16-33(25-32)51-8)39(47)24-30-23-38(53-56(10,11)43(2,3)4)41(48)42(40(30)45)54-57(12,13)44(5,6)7/h14-23,25-27,39,48H,24,28H2,1-13H3/t39?,45-/m1/s1. The summed E-state index contributed by atoms with van der Waals surface area (Å²) in [5.74, 6) is 1.90. The Labute approximate surface area is 350 Å². The molecule has 0 spiro atoms. The molecule has 1 aliphatic carbocycles. The Morgan fingerprint density at radius 3 is 2.02 bits per heavy atom. The molecule has 57 heavy (non-hydrogen) atoms. The maximum atomic E-state index is 15.3. The molecule has 4 aromatic rings. The van der Waals surface area contributed by atoms with E-state index in [-0.39, 0.29) is 27.3 Å². The predicted molar refractivity (Wildman–Crippen MR) is 239 cm³/mol. The van der Waals surface area contributed by atoms with E-state index in [9.17, 15) is 5.11 Å². The molecule has 0 radical (unpaired) electrons. The number of aromatic hydroxyl groups is 1. The number of methoxy groups -OCH3 is 2. The van der Waals surface area contributed by atoms with E-state index in [0.29, 0.717) is 29.4 Å². The van der Waals surface area contributed by atoms with Crippen LogP contribution in [-0.4, -0.2) is 61.3 Å². The molecule has 8 nitrogen and oxygen atoms in total. The molecule has 2 aliphatic rings. The summed E-state index contributed by atoms with van der Waals surface area (Å²) >= 11 is 3.80. The van der Waals surface area contributed by atoms with Gasteiger partial charge in [0, 0.05) is 22.6 Å². The molecule has 306 valence electrons. The number of fused-ring (bicyclic) bond motifs is 3. The number of ether oxygens (including phenoxy) is 2. The molecule has 4 aromatic carbocycles. The topological polar surface area (TPSA) is 94.5 Å². The lowest BCUT2D eigenvalue weighted by Gasteiger charge is -2.46.